The second-order valence-electron chi connectivity index (χ2n) is 8.17. The van der Waals surface area contributed by atoms with E-state index >= 15 is 0 Å². The molecular weight excluding hydrogens is 378 g/mol. The summed E-state index contributed by atoms with van der Waals surface area (Å²) in [5.74, 6) is 0.200. The van der Waals surface area contributed by atoms with Crippen molar-refractivity contribution in [2.24, 2.45) is 5.92 Å². The minimum atomic E-state index is -1.00. The average Bonchev–Trinajstić information content (AvgIpc) is 3.17. The molecule has 6 nitrogen and oxygen atoms in total. The second kappa shape index (κ2) is 9.41. The van der Waals surface area contributed by atoms with Gasteiger partial charge in [0.05, 0.1) is 18.2 Å². The van der Waals surface area contributed by atoms with Crippen molar-refractivity contribution in [1.82, 2.24) is 15.1 Å². The number of aliphatic hydroxyl groups is 2. The van der Waals surface area contributed by atoms with Crippen molar-refractivity contribution in [1.29, 1.82) is 0 Å². The highest BCUT2D eigenvalue weighted by Gasteiger charge is 2.26. The molecule has 0 spiro atoms. The summed E-state index contributed by atoms with van der Waals surface area (Å²) >= 11 is 0. The van der Waals surface area contributed by atoms with E-state index in [1.807, 2.05) is 47.1 Å². The minimum Gasteiger partial charge on any atom is -0.394 e. The van der Waals surface area contributed by atoms with Crippen LogP contribution in [0.25, 0.3) is 10.9 Å². The fraction of sp³-hybridized carbons (Fsp3) is 0.417. The van der Waals surface area contributed by atoms with E-state index in [0.717, 1.165) is 17.4 Å². The molecule has 30 heavy (non-hydrogen) atoms. The smallest absolute Gasteiger partial charge is 0.272 e. The highest BCUT2D eigenvalue weighted by atomic mass is 16.3. The van der Waals surface area contributed by atoms with E-state index in [-0.39, 0.29) is 12.5 Å². The summed E-state index contributed by atoms with van der Waals surface area (Å²) in [4.78, 5) is 13.1. The molecule has 1 aliphatic rings. The molecule has 1 aliphatic carbocycles. The maximum absolute atomic E-state index is 13.1. The Morgan fingerprint density at radius 3 is 2.50 bits per heavy atom. The van der Waals surface area contributed by atoms with Gasteiger partial charge in [-0.05, 0) is 30.4 Å². The van der Waals surface area contributed by atoms with Crippen molar-refractivity contribution >= 4 is 16.8 Å². The van der Waals surface area contributed by atoms with Crippen LogP contribution in [0.15, 0.2) is 54.6 Å². The molecule has 1 saturated carbocycles. The van der Waals surface area contributed by atoms with Gasteiger partial charge in [0.2, 0.25) is 0 Å². The van der Waals surface area contributed by atoms with Crippen LogP contribution < -0.4 is 5.32 Å². The van der Waals surface area contributed by atoms with Crippen molar-refractivity contribution in [2.45, 2.75) is 50.8 Å². The summed E-state index contributed by atoms with van der Waals surface area (Å²) in [6, 6.07) is 16.0. The maximum Gasteiger partial charge on any atom is 0.272 e. The number of amides is 1. The molecule has 2 unspecified atom stereocenters. The maximum atomic E-state index is 13.1. The lowest BCUT2D eigenvalue weighted by atomic mass is 9.89. The molecule has 0 radical (unpaired) electrons. The molecule has 3 aromatic rings. The predicted molar refractivity (Wildman–Crippen MR) is 116 cm³/mol. The fourth-order valence-electron chi connectivity index (χ4n) is 4.39. The summed E-state index contributed by atoms with van der Waals surface area (Å²) < 4.78 is 1.95. The van der Waals surface area contributed by atoms with Gasteiger partial charge in [0.15, 0.2) is 5.69 Å². The van der Waals surface area contributed by atoms with Gasteiger partial charge < -0.3 is 15.5 Å². The zero-order chi connectivity index (χ0) is 20.9. The number of aromatic nitrogens is 2. The molecule has 2 atom stereocenters. The van der Waals surface area contributed by atoms with Crippen molar-refractivity contribution in [3.63, 3.8) is 0 Å². The van der Waals surface area contributed by atoms with E-state index in [4.69, 9.17) is 0 Å². The highest BCUT2D eigenvalue weighted by Crippen LogP contribution is 2.27. The van der Waals surface area contributed by atoms with Crippen molar-refractivity contribution < 1.29 is 15.0 Å². The third-order valence-corrected chi connectivity index (χ3v) is 6.06. The third-order valence-electron chi connectivity index (χ3n) is 6.06. The first-order valence-corrected chi connectivity index (χ1v) is 10.8. The average molecular weight is 408 g/mol. The Labute approximate surface area is 176 Å². The van der Waals surface area contributed by atoms with Crippen LogP contribution in [-0.4, -0.2) is 38.5 Å². The van der Waals surface area contributed by atoms with Crippen LogP contribution in [-0.2, 0) is 6.54 Å². The number of benzene rings is 2. The van der Waals surface area contributed by atoms with Crippen LogP contribution in [0.1, 0.15) is 54.3 Å². The first-order valence-electron chi connectivity index (χ1n) is 10.8. The molecule has 1 amide bonds. The number of para-hydroxylation sites is 1. The normalized spacial score (nSPS) is 17.0. The Kier molecular flexibility index (Phi) is 6.45. The zero-order valence-corrected chi connectivity index (χ0v) is 17.1. The van der Waals surface area contributed by atoms with Gasteiger partial charge in [-0.15, -0.1) is 0 Å². The van der Waals surface area contributed by atoms with Crippen molar-refractivity contribution in [2.75, 3.05) is 6.61 Å². The lowest BCUT2D eigenvalue weighted by molar-refractivity contribution is 0.0700. The lowest BCUT2D eigenvalue weighted by Crippen LogP contribution is -2.42. The SMILES string of the molecule is O=C(NC(CO)C(O)c1ccccc1)c1nn(CC2CCCCC2)c2ccccc12. The largest absolute Gasteiger partial charge is 0.394 e. The predicted octanol–water partition coefficient (Wildman–Crippen LogP) is 3.44. The number of carbonyl (C=O) groups is 1. The van der Waals surface area contributed by atoms with Gasteiger partial charge in [-0.25, -0.2) is 0 Å². The van der Waals surface area contributed by atoms with Crippen LogP contribution in [0.5, 0.6) is 0 Å². The van der Waals surface area contributed by atoms with Gasteiger partial charge in [-0.2, -0.15) is 5.10 Å². The number of carbonyl (C=O) groups excluding carboxylic acids is 1. The Bertz CT molecular complexity index is 980. The summed E-state index contributed by atoms with van der Waals surface area (Å²) in [5.41, 5.74) is 1.92. The molecule has 1 fully saturated rings. The van der Waals surface area contributed by atoms with Crippen LogP contribution in [0.4, 0.5) is 0 Å². The third kappa shape index (κ3) is 4.40. The molecule has 4 rings (SSSR count). The second-order valence-corrected chi connectivity index (χ2v) is 8.17. The van der Waals surface area contributed by atoms with E-state index < -0.39 is 12.1 Å². The van der Waals surface area contributed by atoms with Crippen LogP contribution in [0.3, 0.4) is 0 Å². The summed E-state index contributed by atoms with van der Waals surface area (Å²) in [7, 11) is 0. The number of fused-ring (bicyclic) bond motifs is 1. The summed E-state index contributed by atoms with van der Waals surface area (Å²) in [5, 5.41) is 28.6. The molecule has 0 saturated heterocycles. The monoisotopic (exact) mass is 407 g/mol. The van der Waals surface area contributed by atoms with E-state index in [1.54, 1.807) is 12.1 Å². The molecular formula is C24H29N3O3. The summed E-state index contributed by atoms with van der Waals surface area (Å²) in [6.07, 6.45) is 5.21. The van der Waals surface area contributed by atoms with E-state index in [0.29, 0.717) is 17.2 Å². The Balaban J connectivity index is 1.56. The quantitative estimate of drug-likeness (QED) is 0.560. The molecule has 0 aliphatic heterocycles. The van der Waals surface area contributed by atoms with Crippen LogP contribution in [0.2, 0.25) is 0 Å². The Hall–Kier alpha value is -2.70. The Morgan fingerprint density at radius 1 is 1.07 bits per heavy atom. The molecule has 2 aromatic carbocycles. The van der Waals surface area contributed by atoms with Gasteiger partial charge in [-0.1, -0.05) is 67.8 Å². The molecule has 3 N–H and O–H groups in total. The number of rotatable bonds is 7. The van der Waals surface area contributed by atoms with Crippen LogP contribution in [0, 0.1) is 5.92 Å². The van der Waals surface area contributed by atoms with Gasteiger partial charge in [0.1, 0.15) is 6.10 Å². The van der Waals surface area contributed by atoms with Gasteiger partial charge in [0.25, 0.3) is 5.91 Å². The van der Waals surface area contributed by atoms with Crippen molar-refractivity contribution in [3.8, 4) is 0 Å². The van der Waals surface area contributed by atoms with Gasteiger partial charge in [0, 0.05) is 11.9 Å². The molecule has 0 bridgehead atoms. The van der Waals surface area contributed by atoms with E-state index in [1.165, 1.54) is 32.1 Å². The topological polar surface area (TPSA) is 87.4 Å². The van der Waals surface area contributed by atoms with Crippen molar-refractivity contribution in [3.05, 3.63) is 65.9 Å². The first-order chi connectivity index (χ1) is 14.7. The first kappa shape index (κ1) is 20.6. The molecule has 1 aromatic heterocycles. The molecule has 1 heterocycles. The van der Waals surface area contributed by atoms with E-state index in [2.05, 4.69) is 10.4 Å². The highest BCUT2D eigenvalue weighted by molar-refractivity contribution is 6.05. The number of hydrogen-bond donors (Lipinski definition) is 3. The van der Waals surface area contributed by atoms with Crippen LogP contribution >= 0.6 is 0 Å². The zero-order valence-electron chi connectivity index (χ0n) is 17.1. The van der Waals surface area contributed by atoms with E-state index in [9.17, 15) is 15.0 Å². The standard InChI is InChI=1S/C24H29N3O3/c28-16-20(23(29)18-11-5-2-6-12-18)25-24(30)22-19-13-7-8-14-21(19)27(26-22)15-17-9-3-1-4-10-17/h2,5-8,11-14,17,20,23,28-29H,1,3-4,9-10,15-16H2,(H,25,30). The molecule has 158 valence electrons. The molecule has 6 heteroatoms. The summed E-state index contributed by atoms with van der Waals surface area (Å²) in [6.45, 7) is 0.437. The van der Waals surface area contributed by atoms with Gasteiger partial charge in [-0.3, -0.25) is 9.48 Å². The fourth-order valence-corrected chi connectivity index (χ4v) is 4.39. The Morgan fingerprint density at radius 2 is 1.77 bits per heavy atom. The lowest BCUT2D eigenvalue weighted by Gasteiger charge is -2.22. The number of hydrogen-bond acceptors (Lipinski definition) is 4. The number of nitrogens with one attached hydrogen (secondary N) is 1. The number of aliphatic hydroxyl groups excluding tert-OH is 2. The number of nitrogens with zero attached hydrogens (tertiary/aromatic N) is 2. The van der Waals surface area contributed by atoms with Gasteiger partial charge >= 0.3 is 0 Å². The minimum absolute atomic E-state index is 0.333.